The first kappa shape index (κ1) is 28.7. The Morgan fingerprint density at radius 3 is 1.12 bits per heavy atom. The van der Waals surface area contributed by atoms with Crippen LogP contribution in [-0.4, -0.2) is 112 Å². The van der Waals surface area contributed by atoms with Crippen molar-refractivity contribution >= 4 is 23.9 Å². The van der Waals surface area contributed by atoms with E-state index in [1.165, 1.54) is 38.2 Å². The summed E-state index contributed by atoms with van der Waals surface area (Å²) < 4.78 is 18.5. The molecule has 0 aliphatic carbocycles. The fourth-order valence-corrected chi connectivity index (χ4v) is 3.04. The van der Waals surface area contributed by atoms with Gasteiger partial charge in [-0.2, -0.15) is 0 Å². The molecule has 12 nitrogen and oxygen atoms in total. The maximum atomic E-state index is 11.6. The number of ether oxygens (including phenoxy) is 4. The summed E-state index contributed by atoms with van der Waals surface area (Å²) in [7, 11) is 4.94. The van der Waals surface area contributed by atoms with E-state index in [4.69, 9.17) is 0 Å². The number of carbonyl (C=O) groups is 4. The largest absolute Gasteiger partial charge is 0.504 e. The van der Waals surface area contributed by atoms with E-state index in [0.29, 0.717) is 11.1 Å². The Balaban J connectivity index is 2.87. The first-order valence-electron chi connectivity index (χ1n) is 10.4. The van der Waals surface area contributed by atoms with E-state index in [1.807, 2.05) is 0 Å². The third kappa shape index (κ3) is 9.63. The van der Waals surface area contributed by atoms with Gasteiger partial charge in [0, 0.05) is 13.1 Å². The van der Waals surface area contributed by atoms with Crippen molar-refractivity contribution in [3.8, 4) is 11.5 Å². The number of rotatable bonds is 14. The molecule has 0 spiro atoms. The molecular weight excluding hydrogens is 452 g/mol. The number of benzene rings is 1. The molecule has 0 aliphatic heterocycles. The molecule has 0 radical (unpaired) electrons. The molecule has 12 heteroatoms. The van der Waals surface area contributed by atoms with Gasteiger partial charge in [0.1, 0.15) is 0 Å². The molecular formula is C22H32N2O10. The van der Waals surface area contributed by atoms with Gasteiger partial charge in [-0.3, -0.25) is 29.0 Å². The average Bonchev–Trinajstić information content (AvgIpc) is 2.83. The van der Waals surface area contributed by atoms with Gasteiger partial charge in [-0.15, -0.1) is 0 Å². The van der Waals surface area contributed by atoms with E-state index >= 15 is 0 Å². The van der Waals surface area contributed by atoms with Crippen molar-refractivity contribution in [2.24, 2.45) is 0 Å². The predicted molar refractivity (Wildman–Crippen MR) is 118 cm³/mol. The number of methoxy groups -OCH3 is 4. The van der Waals surface area contributed by atoms with Crippen LogP contribution in [0, 0.1) is 0 Å². The van der Waals surface area contributed by atoms with Crippen LogP contribution in [0.2, 0.25) is 0 Å². The second kappa shape index (κ2) is 14.7. The molecule has 0 bridgehead atoms. The molecule has 0 aliphatic rings. The summed E-state index contributed by atoms with van der Waals surface area (Å²) in [6, 6.07) is 3.23. The molecule has 190 valence electrons. The van der Waals surface area contributed by atoms with Gasteiger partial charge >= 0.3 is 23.9 Å². The van der Waals surface area contributed by atoms with E-state index in [9.17, 15) is 29.4 Å². The molecule has 0 aromatic heterocycles. The highest BCUT2D eigenvalue weighted by Crippen LogP contribution is 2.33. The number of carbonyl (C=O) groups excluding carboxylic acids is 4. The van der Waals surface area contributed by atoms with Gasteiger partial charge in [-0.1, -0.05) is 12.1 Å². The van der Waals surface area contributed by atoms with Gasteiger partial charge in [0.05, 0.1) is 54.6 Å². The highest BCUT2D eigenvalue weighted by atomic mass is 16.5. The highest BCUT2D eigenvalue weighted by molar-refractivity contribution is 5.75. The lowest BCUT2D eigenvalue weighted by atomic mass is 10.0. The van der Waals surface area contributed by atoms with Crippen molar-refractivity contribution < 1.29 is 48.3 Å². The lowest BCUT2D eigenvalue weighted by Crippen LogP contribution is -2.37. The quantitative estimate of drug-likeness (QED) is 0.198. The second-order valence-corrected chi connectivity index (χ2v) is 7.31. The van der Waals surface area contributed by atoms with Gasteiger partial charge in [0.15, 0.2) is 11.5 Å². The summed E-state index contributed by atoms with van der Waals surface area (Å²) in [4.78, 5) is 49.4. The van der Waals surface area contributed by atoms with Crippen LogP contribution in [0.3, 0.4) is 0 Å². The maximum Gasteiger partial charge on any atom is 0.319 e. The molecule has 2 N–H and O–H groups in total. The minimum Gasteiger partial charge on any atom is -0.504 e. The molecule has 0 atom stereocenters. The molecule has 1 rings (SSSR count). The second-order valence-electron chi connectivity index (χ2n) is 7.31. The molecule has 1 aromatic carbocycles. The summed E-state index contributed by atoms with van der Waals surface area (Å²) in [6.07, 6.45) is 0.453. The standard InChI is InChI=1S/C22H32N2O10/c1-31-17(25)11-23(12-18(26)32-2)9-7-15-5-6-16(22(30)21(15)29)8-10-24(13-19(27)33-3)14-20(28)34-4/h5-6,29-30H,7-14H2,1-4H3. The lowest BCUT2D eigenvalue weighted by molar-refractivity contribution is -0.147. The fourth-order valence-electron chi connectivity index (χ4n) is 3.04. The normalized spacial score (nSPS) is 10.8. The van der Waals surface area contributed by atoms with Gasteiger partial charge in [0.25, 0.3) is 0 Å². The Morgan fingerprint density at radius 1 is 0.618 bits per heavy atom. The third-order valence-electron chi connectivity index (χ3n) is 5.03. The Bertz CT molecular complexity index is 753. The van der Waals surface area contributed by atoms with Gasteiger partial charge in [-0.25, -0.2) is 0 Å². The Hall–Kier alpha value is -3.38. The number of esters is 4. The zero-order valence-corrected chi connectivity index (χ0v) is 19.9. The predicted octanol–water partition coefficient (Wildman–Crippen LogP) is -0.521. The molecule has 0 saturated heterocycles. The topological polar surface area (TPSA) is 152 Å². The number of hydrogen-bond donors (Lipinski definition) is 2. The van der Waals surface area contributed by atoms with Crippen LogP contribution < -0.4 is 0 Å². The van der Waals surface area contributed by atoms with Crippen LogP contribution in [0.25, 0.3) is 0 Å². The van der Waals surface area contributed by atoms with Crippen LogP contribution in [0.4, 0.5) is 0 Å². The van der Waals surface area contributed by atoms with Crippen LogP contribution in [0.1, 0.15) is 11.1 Å². The summed E-state index contributed by atoms with van der Waals surface area (Å²) in [6.45, 7) is -0.163. The first-order valence-corrected chi connectivity index (χ1v) is 10.4. The number of aromatic hydroxyl groups is 2. The molecule has 0 saturated carbocycles. The van der Waals surface area contributed by atoms with Gasteiger partial charge in [0.2, 0.25) is 0 Å². The van der Waals surface area contributed by atoms with Crippen molar-refractivity contribution in [1.82, 2.24) is 9.80 Å². The van der Waals surface area contributed by atoms with Crippen LogP contribution >= 0.6 is 0 Å². The zero-order chi connectivity index (χ0) is 25.7. The zero-order valence-electron chi connectivity index (χ0n) is 19.9. The van der Waals surface area contributed by atoms with Gasteiger partial charge in [-0.05, 0) is 24.0 Å². The summed E-state index contributed by atoms with van der Waals surface area (Å²) in [5.41, 5.74) is 0.809. The smallest absolute Gasteiger partial charge is 0.319 e. The molecule has 0 heterocycles. The lowest BCUT2D eigenvalue weighted by Gasteiger charge is -2.21. The van der Waals surface area contributed by atoms with E-state index in [-0.39, 0.29) is 63.6 Å². The summed E-state index contributed by atoms with van der Waals surface area (Å²) >= 11 is 0. The van der Waals surface area contributed by atoms with Crippen molar-refractivity contribution in [3.05, 3.63) is 23.3 Å². The SMILES string of the molecule is COC(=O)CN(CCc1ccc(CCN(CC(=O)OC)CC(=O)OC)c(O)c1O)CC(=O)OC. The Kier molecular flexibility index (Phi) is 12.4. The van der Waals surface area contributed by atoms with E-state index < -0.39 is 23.9 Å². The maximum absolute atomic E-state index is 11.6. The molecule has 34 heavy (non-hydrogen) atoms. The minimum atomic E-state index is -0.533. The number of phenolic OH excluding ortho intramolecular Hbond substituents is 2. The molecule has 0 amide bonds. The highest BCUT2D eigenvalue weighted by Gasteiger charge is 2.19. The van der Waals surface area contributed by atoms with E-state index in [0.717, 1.165) is 0 Å². The monoisotopic (exact) mass is 484 g/mol. The van der Waals surface area contributed by atoms with Crippen molar-refractivity contribution in [3.63, 3.8) is 0 Å². The number of hydrogen-bond acceptors (Lipinski definition) is 12. The minimum absolute atomic E-state index is 0.146. The van der Waals surface area contributed by atoms with E-state index in [2.05, 4.69) is 18.9 Å². The Labute approximate surface area is 197 Å². The van der Waals surface area contributed by atoms with Crippen LogP contribution in [0.5, 0.6) is 11.5 Å². The number of phenols is 2. The van der Waals surface area contributed by atoms with Crippen molar-refractivity contribution in [2.75, 3.05) is 67.7 Å². The molecule has 1 aromatic rings. The molecule has 0 unspecified atom stereocenters. The van der Waals surface area contributed by atoms with Gasteiger partial charge < -0.3 is 29.2 Å². The summed E-state index contributed by atoms with van der Waals surface area (Å²) in [5.74, 6) is -2.80. The first-order chi connectivity index (χ1) is 16.1. The van der Waals surface area contributed by atoms with E-state index in [1.54, 1.807) is 12.1 Å². The van der Waals surface area contributed by atoms with Crippen molar-refractivity contribution in [2.45, 2.75) is 12.8 Å². The summed E-state index contributed by atoms with van der Waals surface area (Å²) in [5, 5.41) is 20.9. The number of nitrogens with zero attached hydrogens (tertiary/aromatic N) is 2. The third-order valence-corrected chi connectivity index (χ3v) is 5.03. The average molecular weight is 485 g/mol. The Morgan fingerprint density at radius 2 is 0.882 bits per heavy atom. The van der Waals surface area contributed by atoms with Crippen LogP contribution in [-0.2, 0) is 51.0 Å². The molecule has 0 fully saturated rings. The van der Waals surface area contributed by atoms with Crippen LogP contribution in [0.15, 0.2) is 12.1 Å². The fraction of sp³-hybridized carbons (Fsp3) is 0.545. The van der Waals surface area contributed by atoms with Crippen molar-refractivity contribution in [1.29, 1.82) is 0 Å².